The number of carbonyl (C=O) groups is 1. The molecule has 0 bridgehead atoms. The average Bonchev–Trinajstić information content (AvgIpc) is 2.18. The number of carbonyl (C=O) groups excluding carboxylic acids is 1. The molecule has 1 amide bonds. The van der Waals surface area contributed by atoms with E-state index in [9.17, 15) is 4.79 Å². The molecular weight excluding hydrogens is 188 g/mol. The summed E-state index contributed by atoms with van der Waals surface area (Å²) in [5.41, 5.74) is 2.16. The van der Waals surface area contributed by atoms with Crippen LogP contribution in [-0.4, -0.2) is 18.5 Å². The number of nitrogens with one attached hydrogen (secondary N) is 2. The maximum Gasteiger partial charge on any atom is 0.242 e. The molecule has 0 aromatic heterocycles. The summed E-state index contributed by atoms with van der Waals surface area (Å²) >= 11 is 0. The standard InChI is InChI=1S/C12H18N2O/c1-4-13-12(15)10(3)14-11-7-5-6-9(2)8-11/h5-8,10,14H,4H2,1-3H3,(H,13,15). The Bertz CT molecular complexity index is 336. The number of likely N-dealkylation sites (N-methyl/N-ethyl adjacent to an activating group) is 1. The summed E-state index contributed by atoms with van der Waals surface area (Å²) in [6.45, 7) is 6.46. The monoisotopic (exact) mass is 206 g/mol. The van der Waals surface area contributed by atoms with E-state index in [-0.39, 0.29) is 11.9 Å². The maximum atomic E-state index is 11.5. The van der Waals surface area contributed by atoms with Gasteiger partial charge in [-0.15, -0.1) is 0 Å². The van der Waals surface area contributed by atoms with Crippen molar-refractivity contribution in [3.8, 4) is 0 Å². The molecule has 15 heavy (non-hydrogen) atoms. The van der Waals surface area contributed by atoms with Gasteiger partial charge in [-0.25, -0.2) is 0 Å². The van der Waals surface area contributed by atoms with Crippen LogP contribution in [0.4, 0.5) is 5.69 Å². The molecule has 3 nitrogen and oxygen atoms in total. The molecule has 0 saturated carbocycles. The Kier molecular flexibility index (Phi) is 4.16. The topological polar surface area (TPSA) is 41.1 Å². The van der Waals surface area contributed by atoms with Gasteiger partial charge in [-0.3, -0.25) is 4.79 Å². The summed E-state index contributed by atoms with van der Waals surface area (Å²) in [6.07, 6.45) is 0. The minimum absolute atomic E-state index is 0.0269. The Balaban J connectivity index is 2.58. The van der Waals surface area contributed by atoms with Crippen molar-refractivity contribution in [3.05, 3.63) is 29.8 Å². The van der Waals surface area contributed by atoms with Crippen LogP contribution in [0.3, 0.4) is 0 Å². The predicted molar refractivity (Wildman–Crippen MR) is 62.9 cm³/mol. The molecule has 1 atom stereocenters. The molecule has 82 valence electrons. The number of amides is 1. The van der Waals surface area contributed by atoms with Gasteiger partial charge >= 0.3 is 0 Å². The third kappa shape index (κ3) is 3.62. The maximum absolute atomic E-state index is 11.5. The highest BCUT2D eigenvalue weighted by atomic mass is 16.2. The zero-order chi connectivity index (χ0) is 11.3. The fourth-order valence-corrected chi connectivity index (χ4v) is 1.38. The lowest BCUT2D eigenvalue weighted by Gasteiger charge is -2.14. The molecule has 0 aliphatic heterocycles. The van der Waals surface area contributed by atoms with E-state index in [1.165, 1.54) is 5.56 Å². The summed E-state index contributed by atoms with van der Waals surface area (Å²) < 4.78 is 0. The van der Waals surface area contributed by atoms with Crippen LogP contribution in [0.2, 0.25) is 0 Å². The second-order valence-electron chi connectivity index (χ2n) is 3.63. The molecule has 0 heterocycles. The van der Waals surface area contributed by atoms with Crippen LogP contribution in [0.15, 0.2) is 24.3 Å². The highest BCUT2D eigenvalue weighted by Gasteiger charge is 2.10. The Morgan fingerprint density at radius 2 is 2.20 bits per heavy atom. The largest absolute Gasteiger partial charge is 0.374 e. The Hall–Kier alpha value is -1.51. The fraction of sp³-hybridized carbons (Fsp3) is 0.417. The van der Waals surface area contributed by atoms with Crippen molar-refractivity contribution in [1.29, 1.82) is 0 Å². The summed E-state index contributed by atoms with van der Waals surface area (Å²) in [4.78, 5) is 11.5. The quantitative estimate of drug-likeness (QED) is 0.790. The fourth-order valence-electron chi connectivity index (χ4n) is 1.38. The van der Waals surface area contributed by atoms with E-state index in [0.717, 1.165) is 5.69 Å². The van der Waals surface area contributed by atoms with Crippen molar-refractivity contribution in [1.82, 2.24) is 5.32 Å². The number of hydrogen-bond acceptors (Lipinski definition) is 2. The van der Waals surface area contributed by atoms with Gasteiger partial charge in [-0.2, -0.15) is 0 Å². The Morgan fingerprint density at radius 3 is 2.80 bits per heavy atom. The van der Waals surface area contributed by atoms with Gasteiger partial charge in [0.05, 0.1) is 0 Å². The molecule has 0 aliphatic carbocycles. The van der Waals surface area contributed by atoms with Crippen molar-refractivity contribution in [2.45, 2.75) is 26.8 Å². The molecule has 1 unspecified atom stereocenters. The minimum atomic E-state index is -0.202. The lowest BCUT2D eigenvalue weighted by molar-refractivity contribution is -0.121. The first-order valence-corrected chi connectivity index (χ1v) is 5.24. The van der Waals surface area contributed by atoms with Crippen molar-refractivity contribution in [2.24, 2.45) is 0 Å². The molecular formula is C12H18N2O. The van der Waals surface area contributed by atoms with E-state index in [0.29, 0.717) is 6.54 Å². The third-order valence-corrected chi connectivity index (χ3v) is 2.15. The molecule has 2 N–H and O–H groups in total. The minimum Gasteiger partial charge on any atom is -0.374 e. The van der Waals surface area contributed by atoms with E-state index in [2.05, 4.69) is 10.6 Å². The zero-order valence-corrected chi connectivity index (χ0v) is 9.50. The van der Waals surface area contributed by atoms with Gasteiger partial charge in [-0.1, -0.05) is 12.1 Å². The zero-order valence-electron chi connectivity index (χ0n) is 9.50. The molecule has 0 spiro atoms. The van der Waals surface area contributed by atoms with Gasteiger partial charge in [0.25, 0.3) is 0 Å². The molecule has 0 saturated heterocycles. The highest BCUT2D eigenvalue weighted by molar-refractivity contribution is 5.84. The first-order valence-electron chi connectivity index (χ1n) is 5.24. The Labute approximate surface area is 90.9 Å². The first-order chi connectivity index (χ1) is 7.13. The summed E-state index contributed by atoms with van der Waals surface area (Å²) in [5.74, 6) is 0.0269. The van der Waals surface area contributed by atoms with Crippen LogP contribution in [0, 0.1) is 6.92 Å². The molecule has 0 fully saturated rings. The third-order valence-electron chi connectivity index (χ3n) is 2.15. The van der Waals surface area contributed by atoms with Gasteiger partial charge in [0.2, 0.25) is 5.91 Å². The first kappa shape index (κ1) is 11.6. The van der Waals surface area contributed by atoms with Gasteiger partial charge in [0.15, 0.2) is 0 Å². The van der Waals surface area contributed by atoms with Gasteiger partial charge in [0.1, 0.15) is 6.04 Å². The van der Waals surface area contributed by atoms with E-state index < -0.39 is 0 Å². The smallest absolute Gasteiger partial charge is 0.242 e. The number of hydrogen-bond donors (Lipinski definition) is 2. The summed E-state index contributed by atoms with van der Waals surface area (Å²) in [7, 11) is 0. The van der Waals surface area contributed by atoms with Gasteiger partial charge in [-0.05, 0) is 38.5 Å². The lowest BCUT2D eigenvalue weighted by atomic mass is 10.2. The highest BCUT2D eigenvalue weighted by Crippen LogP contribution is 2.10. The predicted octanol–water partition coefficient (Wildman–Crippen LogP) is 1.93. The SMILES string of the molecule is CCNC(=O)C(C)Nc1cccc(C)c1. The van der Waals surface area contributed by atoms with Crippen molar-refractivity contribution < 1.29 is 4.79 Å². The number of aryl methyl sites for hydroxylation is 1. The molecule has 1 aromatic carbocycles. The van der Waals surface area contributed by atoms with Crippen LogP contribution in [-0.2, 0) is 4.79 Å². The summed E-state index contributed by atoms with van der Waals surface area (Å²) in [6, 6.07) is 7.79. The number of anilines is 1. The molecule has 1 rings (SSSR count). The molecule has 0 aliphatic rings. The Morgan fingerprint density at radius 1 is 1.47 bits per heavy atom. The number of benzene rings is 1. The van der Waals surface area contributed by atoms with Crippen molar-refractivity contribution in [2.75, 3.05) is 11.9 Å². The van der Waals surface area contributed by atoms with Gasteiger partial charge in [0, 0.05) is 12.2 Å². The second kappa shape index (κ2) is 5.39. The molecule has 3 heteroatoms. The van der Waals surface area contributed by atoms with Crippen LogP contribution in [0.25, 0.3) is 0 Å². The van der Waals surface area contributed by atoms with Crippen molar-refractivity contribution >= 4 is 11.6 Å². The normalized spacial score (nSPS) is 11.9. The van der Waals surface area contributed by atoms with Crippen LogP contribution < -0.4 is 10.6 Å². The number of rotatable bonds is 4. The van der Waals surface area contributed by atoms with E-state index in [1.807, 2.05) is 45.0 Å². The average molecular weight is 206 g/mol. The lowest BCUT2D eigenvalue weighted by Crippen LogP contribution is -2.37. The van der Waals surface area contributed by atoms with Crippen LogP contribution >= 0.6 is 0 Å². The van der Waals surface area contributed by atoms with Gasteiger partial charge < -0.3 is 10.6 Å². The summed E-state index contributed by atoms with van der Waals surface area (Å²) in [5, 5.41) is 5.93. The van der Waals surface area contributed by atoms with Crippen molar-refractivity contribution in [3.63, 3.8) is 0 Å². The van der Waals surface area contributed by atoms with Crippen LogP contribution in [0.1, 0.15) is 19.4 Å². The van der Waals surface area contributed by atoms with E-state index >= 15 is 0 Å². The van der Waals surface area contributed by atoms with Crippen LogP contribution in [0.5, 0.6) is 0 Å². The second-order valence-corrected chi connectivity index (χ2v) is 3.63. The van der Waals surface area contributed by atoms with E-state index in [4.69, 9.17) is 0 Å². The molecule has 0 radical (unpaired) electrons. The van der Waals surface area contributed by atoms with E-state index in [1.54, 1.807) is 0 Å². The molecule has 1 aromatic rings.